The van der Waals surface area contributed by atoms with Crippen molar-refractivity contribution < 1.29 is 0 Å². The van der Waals surface area contributed by atoms with Gasteiger partial charge in [0.05, 0.1) is 22.1 Å². The summed E-state index contributed by atoms with van der Waals surface area (Å²) in [6, 6.07) is 99.0. The van der Waals surface area contributed by atoms with Crippen LogP contribution in [0.2, 0.25) is 0 Å². The Labute approximate surface area is 421 Å². The topological polar surface area (TPSA) is 8.17 Å². The molecule has 0 bridgehead atoms. The van der Waals surface area contributed by atoms with Gasteiger partial charge in [0.25, 0.3) is 0 Å². The van der Waals surface area contributed by atoms with Gasteiger partial charge in [0.1, 0.15) is 0 Å². The average Bonchev–Trinajstić information content (AvgIpc) is 4.03. The Kier molecular flexibility index (Phi) is 9.50. The van der Waals surface area contributed by atoms with Crippen LogP contribution in [0.1, 0.15) is 47.2 Å². The van der Waals surface area contributed by atoms with Crippen molar-refractivity contribution in [1.29, 1.82) is 0 Å². The minimum Gasteiger partial charge on any atom is -0.310 e. The Hall–Kier alpha value is -8.98. The smallest absolute Gasteiger partial charge is 0.0734 e. The molecule has 1 aromatic heterocycles. The average molecular weight is 919 g/mol. The number of fused-ring (bicyclic) bond motifs is 9. The molecule has 0 spiro atoms. The van der Waals surface area contributed by atoms with Crippen LogP contribution in [0.25, 0.3) is 72.0 Å². The van der Waals surface area contributed by atoms with Crippen LogP contribution in [0.5, 0.6) is 0 Å². The van der Waals surface area contributed by atoms with Crippen molar-refractivity contribution in [2.24, 2.45) is 0 Å². The van der Waals surface area contributed by atoms with E-state index in [0.717, 1.165) is 22.6 Å². The highest BCUT2D eigenvalue weighted by Crippen LogP contribution is 2.58. The quantitative estimate of drug-likeness (QED) is 0.147. The van der Waals surface area contributed by atoms with E-state index in [1.54, 1.807) is 0 Å². The summed E-state index contributed by atoms with van der Waals surface area (Å²) >= 11 is 0. The first-order valence-corrected chi connectivity index (χ1v) is 25.2. The van der Waals surface area contributed by atoms with Crippen LogP contribution >= 0.6 is 0 Å². The third kappa shape index (κ3) is 6.22. The Morgan fingerprint density at radius 3 is 1.57 bits per heavy atom. The lowest BCUT2D eigenvalue weighted by Gasteiger charge is -2.35. The summed E-state index contributed by atoms with van der Waals surface area (Å²) in [6.45, 7) is 4.71. The van der Waals surface area contributed by atoms with Gasteiger partial charge in [0, 0.05) is 38.8 Å². The molecule has 0 amide bonds. The lowest BCUT2D eigenvalue weighted by Crippen LogP contribution is -2.29. The van der Waals surface area contributed by atoms with Crippen LogP contribution in [0.4, 0.5) is 17.1 Å². The number of hydrogen-bond acceptors (Lipinski definition) is 1. The maximum absolute atomic E-state index is 2.55. The number of rotatable bonds is 8. The van der Waals surface area contributed by atoms with Crippen molar-refractivity contribution in [3.05, 3.63) is 300 Å². The number of nitrogens with zero attached hydrogens (tertiary/aromatic N) is 2. The van der Waals surface area contributed by atoms with Gasteiger partial charge in [-0.15, -0.1) is 0 Å². The number of anilines is 3. The van der Waals surface area contributed by atoms with Crippen molar-refractivity contribution in [1.82, 2.24) is 4.57 Å². The Bertz CT molecular complexity index is 4030. The van der Waals surface area contributed by atoms with Crippen molar-refractivity contribution in [2.45, 2.75) is 24.7 Å². The molecular weight excluding hydrogens is 869 g/mol. The second-order valence-corrected chi connectivity index (χ2v) is 20.0. The highest BCUT2D eigenvalue weighted by molar-refractivity contribution is 6.11. The maximum atomic E-state index is 2.55. The standard InChI is InChI=1S/C70H50N2/c1-69(2)62-35-15-12-31-56(62)58-42-40-55(46-64(58)69)71(53-28-10-5-11-29-53)54-30-19-23-49(44-54)47-21-18-22-48(43-47)50-39-41-60-59-33-14-17-37-65(59)72(67(60)45-50)66-38-20-34-61-57-32-13-16-36-63(57)70(68(61)66,51-24-6-3-7-25-51)52-26-8-4-9-27-52/h3-46H,1-2H3. The van der Waals surface area contributed by atoms with Gasteiger partial charge in [-0.3, -0.25) is 0 Å². The SMILES string of the molecule is CC1(C)c2ccccc2-c2ccc(N(c3ccccc3)c3cccc(-c4cccc(-c5ccc6c7ccccc7n(-c7cccc8c7C(c7ccccc7)(c7ccccc7)c7ccccc7-8)c6c5)c4)c3)cc21. The zero-order valence-corrected chi connectivity index (χ0v) is 40.3. The zero-order chi connectivity index (χ0) is 48.0. The molecule has 12 aromatic rings. The van der Waals surface area contributed by atoms with Crippen LogP contribution in [-0.4, -0.2) is 4.57 Å². The van der Waals surface area contributed by atoms with Gasteiger partial charge in [-0.2, -0.15) is 0 Å². The van der Waals surface area contributed by atoms with Crippen molar-refractivity contribution in [2.75, 3.05) is 4.90 Å². The summed E-state index contributed by atoms with van der Waals surface area (Å²) in [5, 5.41) is 2.47. The van der Waals surface area contributed by atoms with Crippen LogP contribution in [0, 0.1) is 0 Å². The molecule has 2 aliphatic carbocycles. The van der Waals surface area contributed by atoms with E-state index in [4.69, 9.17) is 0 Å². The van der Waals surface area contributed by atoms with E-state index in [2.05, 4.69) is 290 Å². The first-order chi connectivity index (χ1) is 35.5. The lowest BCUT2D eigenvalue weighted by molar-refractivity contribution is 0.660. The molecule has 1 heterocycles. The van der Waals surface area contributed by atoms with Gasteiger partial charge in [-0.1, -0.05) is 220 Å². The molecule has 0 fully saturated rings. The summed E-state index contributed by atoms with van der Waals surface area (Å²) in [6.07, 6.45) is 0. The van der Waals surface area contributed by atoms with E-state index >= 15 is 0 Å². The zero-order valence-electron chi connectivity index (χ0n) is 40.3. The number of para-hydroxylation sites is 2. The molecule has 0 N–H and O–H groups in total. The Morgan fingerprint density at radius 2 is 0.833 bits per heavy atom. The molecule has 340 valence electrons. The van der Waals surface area contributed by atoms with Crippen LogP contribution < -0.4 is 4.90 Å². The first-order valence-electron chi connectivity index (χ1n) is 25.2. The summed E-state index contributed by atoms with van der Waals surface area (Å²) in [4.78, 5) is 2.41. The maximum Gasteiger partial charge on any atom is 0.0734 e. The predicted octanol–water partition coefficient (Wildman–Crippen LogP) is 18.3. The molecule has 2 aliphatic rings. The fourth-order valence-corrected chi connectivity index (χ4v) is 12.6. The minimum atomic E-state index is -0.553. The van der Waals surface area contributed by atoms with E-state index < -0.39 is 5.41 Å². The molecular formula is C70H50N2. The summed E-state index contributed by atoms with van der Waals surface area (Å²) < 4.78 is 2.55. The Morgan fingerprint density at radius 1 is 0.319 bits per heavy atom. The molecule has 2 nitrogen and oxygen atoms in total. The van der Waals surface area contributed by atoms with Crippen LogP contribution in [0.15, 0.2) is 267 Å². The van der Waals surface area contributed by atoms with Gasteiger partial charge in [0.2, 0.25) is 0 Å². The fraction of sp³-hybridized carbons (Fsp3) is 0.0571. The number of hydrogen-bond donors (Lipinski definition) is 0. The van der Waals surface area contributed by atoms with Gasteiger partial charge in [0.15, 0.2) is 0 Å². The van der Waals surface area contributed by atoms with Gasteiger partial charge in [-0.05, 0) is 133 Å². The van der Waals surface area contributed by atoms with Gasteiger partial charge in [-0.25, -0.2) is 0 Å². The van der Waals surface area contributed by atoms with Crippen molar-refractivity contribution in [3.63, 3.8) is 0 Å². The third-order valence-corrected chi connectivity index (χ3v) is 15.8. The molecule has 0 aliphatic heterocycles. The van der Waals surface area contributed by atoms with E-state index in [1.807, 2.05) is 0 Å². The van der Waals surface area contributed by atoms with Crippen LogP contribution in [-0.2, 0) is 10.8 Å². The summed E-state index contributed by atoms with van der Waals surface area (Å²) in [7, 11) is 0. The molecule has 11 aromatic carbocycles. The van der Waals surface area contributed by atoms with E-state index in [9.17, 15) is 0 Å². The molecule has 2 heteroatoms. The molecule has 0 radical (unpaired) electrons. The number of benzene rings is 11. The van der Waals surface area contributed by atoms with E-state index in [-0.39, 0.29) is 5.41 Å². The summed E-state index contributed by atoms with van der Waals surface area (Å²) in [5.41, 5.74) is 24.0. The highest BCUT2D eigenvalue weighted by Gasteiger charge is 2.48. The van der Waals surface area contributed by atoms with E-state index in [0.29, 0.717) is 0 Å². The minimum absolute atomic E-state index is 0.105. The lowest BCUT2D eigenvalue weighted by atomic mass is 9.67. The van der Waals surface area contributed by atoms with Crippen molar-refractivity contribution in [3.8, 4) is 50.2 Å². The summed E-state index contributed by atoms with van der Waals surface area (Å²) in [5.74, 6) is 0. The number of aromatic nitrogens is 1. The van der Waals surface area contributed by atoms with E-state index in [1.165, 1.54) is 99.8 Å². The monoisotopic (exact) mass is 918 g/mol. The first kappa shape index (κ1) is 41.9. The predicted molar refractivity (Wildman–Crippen MR) is 301 cm³/mol. The van der Waals surface area contributed by atoms with Crippen LogP contribution in [0.3, 0.4) is 0 Å². The van der Waals surface area contributed by atoms with Gasteiger partial charge >= 0.3 is 0 Å². The molecule has 72 heavy (non-hydrogen) atoms. The molecule has 0 saturated carbocycles. The van der Waals surface area contributed by atoms with Gasteiger partial charge < -0.3 is 9.47 Å². The Balaban J connectivity index is 0.911. The van der Waals surface area contributed by atoms with Crippen molar-refractivity contribution >= 4 is 38.9 Å². The normalized spacial score (nSPS) is 13.6. The molecule has 0 saturated heterocycles. The molecule has 0 atom stereocenters. The second-order valence-electron chi connectivity index (χ2n) is 20.0. The second kappa shape index (κ2) is 16.3. The third-order valence-electron chi connectivity index (χ3n) is 15.8. The fourth-order valence-electron chi connectivity index (χ4n) is 12.6. The largest absolute Gasteiger partial charge is 0.310 e. The highest BCUT2D eigenvalue weighted by atomic mass is 15.1. The molecule has 0 unspecified atom stereocenters. The molecule has 14 rings (SSSR count).